The van der Waals surface area contributed by atoms with Crippen molar-refractivity contribution in [2.75, 3.05) is 49.6 Å². The SMILES string of the molecule is O=C(CN1CCCc2ccccc21)Nc1cccc(C(=O)N2CCOCC2)c1. The Balaban J connectivity index is 1.41. The molecule has 1 fully saturated rings. The quantitative estimate of drug-likeness (QED) is 0.887. The summed E-state index contributed by atoms with van der Waals surface area (Å²) in [5, 5.41) is 2.94. The van der Waals surface area contributed by atoms with Gasteiger partial charge in [0.05, 0.1) is 19.8 Å². The average molecular weight is 379 g/mol. The normalized spacial score (nSPS) is 16.4. The molecule has 6 heteroatoms. The molecule has 0 spiro atoms. The highest BCUT2D eigenvalue weighted by Gasteiger charge is 2.20. The molecule has 6 nitrogen and oxygen atoms in total. The first-order valence-electron chi connectivity index (χ1n) is 9.80. The van der Waals surface area contributed by atoms with Gasteiger partial charge in [-0.1, -0.05) is 24.3 Å². The minimum absolute atomic E-state index is 0.0237. The first kappa shape index (κ1) is 18.5. The third-order valence-corrected chi connectivity index (χ3v) is 5.23. The minimum atomic E-state index is -0.0762. The zero-order chi connectivity index (χ0) is 19.3. The van der Waals surface area contributed by atoms with Gasteiger partial charge < -0.3 is 19.9 Å². The summed E-state index contributed by atoms with van der Waals surface area (Å²) >= 11 is 0. The molecule has 2 aromatic carbocycles. The molecule has 2 aromatic rings. The Morgan fingerprint density at radius 1 is 1.00 bits per heavy atom. The number of aryl methyl sites for hydroxylation is 1. The molecule has 1 N–H and O–H groups in total. The zero-order valence-electron chi connectivity index (χ0n) is 15.9. The number of hydrogen-bond acceptors (Lipinski definition) is 4. The van der Waals surface area contributed by atoms with Crippen LogP contribution < -0.4 is 10.2 Å². The van der Waals surface area contributed by atoms with Crippen LogP contribution in [0.2, 0.25) is 0 Å². The van der Waals surface area contributed by atoms with E-state index in [2.05, 4.69) is 22.3 Å². The van der Waals surface area contributed by atoms with E-state index in [0.717, 1.165) is 25.1 Å². The molecule has 2 heterocycles. The van der Waals surface area contributed by atoms with Gasteiger partial charge in [-0.2, -0.15) is 0 Å². The van der Waals surface area contributed by atoms with Gasteiger partial charge in [0.15, 0.2) is 0 Å². The Morgan fingerprint density at radius 3 is 2.68 bits per heavy atom. The highest BCUT2D eigenvalue weighted by molar-refractivity contribution is 5.98. The van der Waals surface area contributed by atoms with Crippen LogP contribution in [0.25, 0.3) is 0 Å². The van der Waals surface area contributed by atoms with E-state index < -0.39 is 0 Å². The molecular formula is C22H25N3O3. The molecule has 0 unspecified atom stereocenters. The van der Waals surface area contributed by atoms with Crippen molar-refractivity contribution in [1.82, 2.24) is 4.90 Å². The topological polar surface area (TPSA) is 61.9 Å². The number of nitrogens with zero attached hydrogens (tertiary/aromatic N) is 2. The van der Waals surface area contributed by atoms with Gasteiger partial charge in [-0.3, -0.25) is 9.59 Å². The van der Waals surface area contributed by atoms with Crippen LogP contribution in [0.15, 0.2) is 48.5 Å². The summed E-state index contributed by atoms with van der Waals surface area (Å²) in [6.07, 6.45) is 2.10. The molecule has 1 saturated heterocycles. The predicted octanol–water partition coefficient (Wildman–Crippen LogP) is 2.55. The smallest absolute Gasteiger partial charge is 0.254 e. The number of carbonyl (C=O) groups excluding carboxylic acids is 2. The first-order valence-corrected chi connectivity index (χ1v) is 9.80. The maximum absolute atomic E-state index is 12.6. The van der Waals surface area contributed by atoms with Crippen molar-refractivity contribution in [1.29, 1.82) is 0 Å². The number of nitrogens with one attached hydrogen (secondary N) is 1. The number of rotatable bonds is 4. The van der Waals surface area contributed by atoms with Crippen molar-refractivity contribution < 1.29 is 14.3 Å². The Labute approximate surface area is 165 Å². The van der Waals surface area contributed by atoms with Gasteiger partial charge in [-0.05, 0) is 42.7 Å². The second-order valence-electron chi connectivity index (χ2n) is 7.19. The summed E-state index contributed by atoms with van der Waals surface area (Å²) in [4.78, 5) is 29.2. The Bertz CT molecular complexity index is 862. The van der Waals surface area contributed by atoms with Crippen molar-refractivity contribution in [3.63, 3.8) is 0 Å². The molecule has 2 amide bonds. The monoisotopic (exact) mass is 379 g/mol. The van der Waals surface area contributed by atoms with Crippen LogP contribution in [0.3, 0.4) is 0 Å². The number of morpholine rings is 1. The number of ether oxygens (including phenoxy) is 1. The Hall–Kier alpha value is -2.86. The van der Waals surface area contributed by atoms with Crippen molar-refractivity contribution in [2.24, 2.45) is 0 Å². The van der Waals surface area contributed by atoms with Crippen LogP contribution in [0.5, 0.6) is 0 Å². The van der Waals surface area contributed by atoms with Gasteiger partial charge in [-0.25, -0.2) is 0 Å². The van der Waals surface area contributed by atoms with E-state index >= 15 is 0 Å². The Morgan fingerprint density at radius 2 is 1.82 bits per heavy atom. The van der Waals surface area contributed by atoms with E-state index in [1.165, 1.54) is 5.56 Å². The molecule has 4 rings (SSSR count). The molecular weight excluding hydrogens is 354 g/mol. The third-order valence-electron chi connectivity index (χ3n) is 5.23. The number of carbonyl (C=O) groups is 2. The van der Waals surface area contributed by atoms with Crippen molar-refractivity contribution >= 4 is 23.2 Å². The zero-order valence-corrected chi connectivity index (χ0v) is 15.9. The minimum Gasteiger partial charge on any atom is -0.378 e. The van der Waals surface area contributed by atoms with Crippen molar-refractivity contribution in [3.8, 4) is 0 Å². The number of fused-ring (bicyclic) bond motifs is 1. The van der Waals surface area contributed by atoms with Gasteiger partial charge in [0.25, 0.3) is 5.91 Å². The lowest BCUT2D eigenvalue weighted by Crippen LogP contribution is -2.40. The van der Waals surface area contributed by atoms with Gasteiger partial charge in [0.2, 0.25) is 5.91 Å². The maximum atomic E-state index is 12.6. The number of benzene rings is 2. The third kappa shape index (κ3) is 4.17. The van der Waals surface area contributed by atoms with Crippen molar-refractivity contribution in [2.45, 2.75) is 12.8 Å². The average Bonchev–Trinajstić information content (AvgIpc) is 2.74. The van der Waals surface area contributed by atoms with Gasteiger partial charge >= 0.3 is 0 Å². The van der Waals surface area contributed by atoms with E-state index in [0.29, 0.717) is 44.1 Å². The molecule has 28 heavy (non-hydrogen) atoms. The van der Waals surface area contributed by atoms with Gasteiger partial charge in [0.1, 0.15) is 0 Å². The lowest BCUT2D eigenvalue weighted by Gasteiger charge is -2.30. The van der Waals surface area contributed by atoms with Crippen LogP contribution in [-0.2, 0) is 16.0 Å². The predicted molar refractivity (Wildman–Crippen MR) is 109 cm³/mol. The van der Waals surface area contributed by atoms with E-state index in [9.17, 15) is 9.59 Å². The summed E-state index contributed by atoms with van der Waals surface area (Å²) in [5.41, 5.74) is 3.66. The highest BCUT2D eigenvalue weighted by atomic mass is 16.5. The molecule has 0 atom stereocenters. The molecule has 0 aromatic heterocycles. The van der Waals surface area contributed by atoms with Gasteiger partial charge in [0, 0.05) is 36.6 Å². The maximum Gasteiger partial charge on any atom is 0.254 e. The van der Waals surface area contributed by atoms with E-state index in [1.54, 1.807) is 23.1 Å². The Kier molecular flexibility index (Phi) is 5.58. The summed E-state index contributed by atoms with van der Waals surface area (Å²) in [7, 11) is 0. The number of hydrogen-bond donors (Lipinski definition) is 1. The standard InChI is InChI=1S/C22H25N3O3/c26-21(16-25-10-4-7-17-5-1-2-9-20(17)25)23-19-8-3-6-18(15-19)22(27)24-11-13-28-14-12-24/h1-3,5-6,8-9,15H,4,7,10-14,16H2,(H,23,26). The second-order valence-corrected chi connectivity index (χ2v) is 7.19. The fourth-order valence-electron chi connectivity index (χ4n) is 3.83. The van der Waals surface area contributed by atoms with Crippen LogP contribution in [0.1, 0.15) is 22.3 Å². The van der Waals surface area contributed by atoms with Crippen LogP contribution in [0, 0.1) is 0 Å². The molecule has 0 radical (unpaired) electrons. The molecule has 146 valence electrons. The van der Waals surface area contributed by atoms with Crippen molar-refractivity contribution in [3.05, 3.63) is 59.7 Å². The highest BCUT2D eigenvalue weighted by Crippen LogP contribution is 2.26. The summed E-state index contributed by atoms with van der Waals surface area (Å²) in [5.74, 6) is -0.1000. The van der Waals surface area contributed by atoms with E-state index in [4.69, 9.17) is 4.74 Å². The summed E-state index contributed by atoms with van der Waals surface area (Å²) < 4.78 is 5.30. The molecule has 0 bridgehead atoms. The largest absolute Gasteiger partial charge is 0.378 e. The van der Waals surface area contributed by atoms with E-state index in [-0.39, 0.29) is 11.8 Å². The lowest BCUT2D eigenvalue weighted by atomic mass is 10.0. The van der Waals surface area contributed by atoms with Crippen LogP contribution >= 0.6 is 0 Å². The molecule has 2 aliphatic heterocycles. The summed E-state index contributed by atoms with van der Waals surface area (Å²) in [6.45, 7) is 3.52. The van der Waals surface area contributed by atoms with E-state index in [1.807, 2.05) is 18.2 Å². The fourth-order valence-corrected chi connectivity index (χ4v) is 3.83. The van der Waals surface area contributed by atoms with Crippen LogP contribution in [0.4, 0.5) is 11.4 Å². The summed E-state index contributed by atoms with van der Waals surface area (Å²) in [6, 6.07) is 15.4. The van der Waals surface area contributed by atoms with Gasteiger partial charge in [-0.15, -0.1) is 0 Å². The second kappa shape index (κ2) is 8.44. The first-order chi connectivity index (χ1) is 13.7. The lowest BCUT2D eigenvalue weighted by molar-refractivity contribution is -0.115. The number of para-hydroxylation sites is 1. The molecule has 2 aliphatic rings. The fraction of sp³-hybridized carbons (Fsp3) is 0.364. The number of amides is 2. The van der Waals surface area contributed by atoms with Crippen LogP contribution in [-0.4, -0.2) is 56.1 Å². The number of anilines is 2. The molecule has 0 aliphatic carbocycles. The molecule has 0 saturated carbocycles.